The zero-order chi connectivity index (χ0) is 20.5. The largest absolute Gasteiger partial charge is 0.491 e. The van der Waals surface area contributed by atoms with Crippen molar-refractivity contribution in [1.82, 2.24) is 19.4 Å². The van der Waals surface area contributed by atoms with Crippen LogP contribution < -0.4 is 4.74 Å². The molecule has 5 nitrogen and oxygen atoms in total. The number of aromatic nitrogens is 2. The first-order chi connectivity index (χ1) is 14.5. The van der Waals surface area contributed by atoms with Gasteiger partial charge in [-0.05, 0) is 37.6 Å². The number of hydrogen-bond donors (Lipinski definition) is 0. The van der Waals surface area contributed by atoms with Gasteiger partial charge >= 0.3 is 0 Å². The number of nitrogens with zero attached hydrogens (tertiary/aromatic N) is 4. The van der Waals surface area contributed by atoms with Crippen LogP contribution >= 0.6 is 23.2 Å². The van der Waals surface area contributed by atoms with Gasteiger partial charge in [-0.1, -0.05) is 23.2 Å². The molecule has 1 aliphatic carbocycles. The van der Waals surface area contributed by atoms with Gasteiger partial charge in [-0.3, -0.25) is 0 Å². The number of halogens is 2. The standard InChI is InChI=1S/C23H22Cl2N4O/c1-15-9-29(14-26-15)19-3-2-18-10-27(4-5-28(18)11-19)13-23-8-16(23)12-30-22-20(23)6-17(24)7-21(22)25/h2-3,6-7,9-11,14,16H,4-5,8,12-13H2,1H3/t16-,23+/m1/s1. The number of hydrogen-bond acceptors (Lipinski definition) is 4. The number of allylic oxidation sites excluding steroid dienone is 3. The molecule has 1 aromatic carbocycles. The molecule has 4 heterocycles. The second kappa shape index (κ2) is 6.56. The fourth-order valence-electron chi connectivity index (χ4n) is 5.01. The van der Waals surface area contributed by atoms with Crippen LogP contribution in [-0.4, -0.2) is 45.6 Å². The van der Waals surface area contributed by atoms with E-state index in [9.17, 15) is 0 Å². The van der Waals surface area contributed by atoms with Crippen LogP contribution in [0.25, 0.3) is 5.70 Å². The smallest absolute Gasteiger partial charge is 0.141 e. The molecule has 0 bridgehead atoms. The van der Waals surface area contributed by atoms with Gasteiger partial charge in [0.05, 0.1) is 35.0 Å². The third-order valence-electron chi connectivity index (χ3n) is 6.69. The number of rotatable bonds is 3. The van der Waals surface area contributed by atoms with E-state index in [2.05, 4.69) is 43.9 Å². The van der Waals surface area contributed by atoms with Gasteiger partial charge in [0.1, 0.15) is 5.75 Å². The second-order valence-electron chi connectivity index (χ2n) is 8.66. The van der Waals surface area contributed by atoms with Crippen molar-refractivity contribution in [2.45, 2.75) is 18.8 Å². The second-order valence-corrected chi connectivity index (χ2v) is 9.50. The van der Waals surface area contributed by atoms with Gasteiger partial charge in [0, 0.05) is 60.2 Å². The van der Waals surface area contributed by atoms with Gasteiger partial charge in [0.25, 0.3) is 0 Å². The molecule has 154 valence electrons. The van der Waals surface area contributed by atoms with Crippen molar-refractivity contribution >= 4 is 28.9 Å². The highest BCUT2D eigenvalue weighted by Gasteiger charge is 2.60. The summed E-state index contributed by atoms with van der Waals surface area (Å²) in [5.41, 5.74) is 4.63. The third-order valence-corrected chi connectivity index (χ3v) is 7.19. The fraction of sp³-hybridized carbons (Fsp3) is 0.348. The Morgan fingerprint density at radius 3 is 2.87 bits per heavy atom. The maximum absolute atomic E-state index is 6.43. The van der Waals surface area contributed by atoms with Crippen LogP contribution in [0.3, 0.4) is 0 Å². The van der Waals surface area contributed by atoms with E-state index in [4.69, 9.17) is 27.9 Å². The van der Waals surface area contributed by atoms with Crippen molar-refractivity contribution in [2.24, 2.45) is 5.92 Å². The number of fused-ring (bicyclic) bond motifs is 4. The van der Waals surface area contributed by atoms with Crippen molar-refractivity contribution in [2.75, 3.05) is 26.2 Å². The first-order valence-electron chi connectivity index (χ1n) is 10.3. The molecule has 0 N–H and O–H groups in total. The summed E-state index contributed by atoms with van der Waals surface area (Å²) < 4.78 is 8.02. The normalized spacial score (nSPS) is 26.3. The van der Waals surface area contributed by atoms with E-state index in [0.29, 0.717) is 16.0 Å². The van der Waals surface area contributed by atoms with Crippen LogP contribution in [0, 0.1) is 12.8 Å². The highest BCUT2D eigenvalue weighted by atomic mass is 35.5. The van der Waals surface area contributed by atoms with Crippen LogP contribution in [-0.2, 0) is 5.41 Å². The molecule has 6 rings (SSSR count). The first kappa shape index (κ1) is 18.4. The number of imidazole rings is 1. The summed E-state index contributed by atoms with van der Waals surface area (Å²) in [6.45, 7) is 5.64. The van der Waals surface area contributed by atoms with E-state index in [0.717, 1.165) is 49.8 Å². The quantitative estimate of drug-likeness (QED) is 0.693. The molecule has 1 fully saturated rings. The molecule has 3 aliphatic heterocycles. The molecule has 0 spiro atoms. The molecule has 2 atom stereocenters. The Bertz CT molecular complexity index is 1130. The first-order valence-corrected chi connectivity index (χ1v) is 11.0. The predicted octanol–water partition coefficient (Wildman–Crippen LogP) is 4.68. The Labute approximate surface area is 185 Å². The third kappa shape index (κ3) is 2.87. The molecular formula is C23H22Cl2N4O. The Morgan fingerprint density at radius 1 is 1.17 bits per heavy atom. The number of aryl methyl sites for hydroxylation is 1. The van der Waals surface area contributed by atoms with E-state index in [-0.39, 0.29) is 5.41 Å². The van der Waals surface area contributed by atoms with Crippen LogP contribution in [0.15, 0.2) is 54.9 Å². The Kier molecular flexibility index (Phi) is 4.03. The van der Waals surface area contributed by atoms with Crippen LogP contribution in [0.5, 0.6) is 5.75 Å². The zero-order valence-corrected chi connectivity index (χ0v) is 18.2. The summed E-state index contributed by atoms with van der Waals surface area (Å²) in [5.74, 6) is 1.36. The number of ether oxygens (including phenoxy) is 1. The molecular weight excluding hydrogens is 419 g/mol. The van der Waals surface area contributed by atoms with Crippen LogP contribution in [0.4, 0.5) is 0 Å². The van der Waals surface area contributed by atoms with Crippen LogP contribution in [0.1, 0.15) is 17.7 Å². The van der Waals surface area contributed by atoms with Gasteiger partial charge in [-0.25, -0.2) is 4.98 Å². The van der Waals surface area contributed by atoms with Gasteiger partial charge in [0.15, 0.2) is 0 Å². The average Bonchev–Trinajstić information content (AvgIpc) is 3.29. The summed E-state index contributed by atoms with van der Waals surface area (Å²) in [4.78, 5) is 9.09. The van der Waals surface area contributed by atoms with E-state index in [1.165, 1.54) is 11.3 Å². The monoisotopic (exact) mass is 440 g/mol. The minimum Gasteiger partial charge on any atom is -0.491 e. The van der Waals surface area contributed by atoms with Gasteiger partial charge in [0.2, 0.25) is 0 Å². The van der Waals surface area contributed by atoms with Crippen molar-refractivity contribution in [1.29, 1.82) is 0 Å². The molecule has 0 radical (unpaired) electrons. The van der Waals surface area contributed by atoms with Gasteiger partial charge < -0.3 is 19.1 Å². The molecule has 0 amide bonds. The predicted molar refractivity (Wildman–Crippen MR) is 118 cm³/mol. The average molecular weight is 441 g/mol. The summed E-state index contributed by atoms with van der Waals surface area (Å²) in [6.07, 6.45) is 13.8. The maximum atomic E-state index is 6.43. The fourth-order valence-corrected chi connectivity index (χ4v) is 5.56. The lowest BCUT2D eigenvalue weighted by Gasteiger charge is -2.38. The van der Waals surface area contributed by atoms with E-state index in [1.807, 2.05) is 25.5 Å². The molecule has 4 aliphatic rings. The lowest BCUT2D eigenvalue weighted by atomic mass is 9.90. The summed E-state index contributed by atoms with van der Waals surface area (Å²) in [7, 11) is 0. The molecule has 1 saturated carbocycles. The van der Waals surface area contributed by atoms with E-state index >= 15 is 0 Å². The molecule has 0 unspecified atom stereocenters. The topological polar surface area (TPSA) is 33.5 Å². The highest BCUT2D eigenvalue weighted by molar-refractivity contribution is 6.35. The molecule has 1 aromatic heterocycles. The summed E-state index contributed by atoms with van der Waals surface area (Å²) in [5, 5.41) is 1.30. The maximum Gasteiger partial charge on any atom is 0.141 e. The minimum absolute atomic E-state index is 0.0923. The Balaban J connectivity index is 1.25. The van der Waals surface area contributed by atoms with E-state index in [1.54, 1.807) is 6.07 Å². The molecule has 0 saturated heterocycles. The van der Waals surface area contributed by atoms with Gasteiger partial charge in [-0.2, -0.15) is 0 Å². The van der Waals surface area contributed by atoms with Crippen molar-refractivity contribution < 1.29 is 4.74 Å². The van der Waals surface area contributed by atoms with Crippen molar-refractivity contribution in [3.05, 3.63) is 76.2 Å². The highest BCUT2D eigenvalue weighted by Crippen LogP contribution is 2.61. The molecule has 30 heavy (non-hydrogen) atoms. The van der Waals surface area contributed by atoms with Crippen molar-refractivity contribution in [3.63, 3.8) is 0 Å². The summed E-state index contributed by atoms with van der Waals surface area (Å²) >= 11 is 12.8. The zero-order valence-electron chi connectivity index (χ0n) is 16.7. The SMILES string of the molecule is Cc1cn(C2=CN3CCN(C[C@@]45C[C@@H]4COc4c(Cl)cc(Cl)cc45)C=C3C=C2)cn1. The van der Waals surface area contributed by atoms with Gasteiger partial charge in [-0.15, -0.1) is 0 Å². The molecule has 2 aromatic rings. The lowest BCUT2D eigenvalue weighted by molar-refractivity contribution is 0.220. The summed E-state index contributed by atoms with van der Waals surface area (Å²) in [6, 6.07) is 3.82. The molecule has 7 heteroatoms. The van der Waals surface area contributed by atoms with Crippen LogP contribution in [0.2, 0.25) is 10.0 Å². The minimum atomic E-state index is 0.0923. The Hall–Kier alpha value is -2.37. The Morgan fingerprint density at radius 2 is 2.03 bits per heavy atom. The van der Waals surface area contributed by atoms with E-state index < -0.39 is 0 Å². The van der Waals surface area contributed by atoms with Crippen molar-refractivity contribution in [3.8, 4) is 5.75 Å². The lowest BCUT2D eigenvalue weighted by Crippen LogP contribution is -2.41. The number of benzene rings is 1.